The number of carboxylic acids is 1. The largest absolute Gasteiger partial charge is 0.493 e. The molecule has 0 aliphatic carbocycles. The summed E-state index contributed by atoms with van der Waals surface area (Å²) >= 11 is 0. The monoisotopic (exact) mass is 574 g/mol. The summed E-state index contributed by atoms with van der Waals surface area (Å²) in [6.45, 7) is 14.3. The number of fused-ring (bicyclic) bond motifs is 1. The van der Waals surface area contributed by atoms with Crippen LogP contribution in [-0.4, -0.2) is 54.7 Å². The van der Waals surface area contributed by atoms with Gasteiger partial charge in [-0.1, -0.05) is 24.3 Å². The Morgan fingerprint density at radius 1 is 1.02 bits per heavy atom. The number of ether oxygens (including phenoxy) is 4. The van der Waals surface area contributed by atoms with Crippen molar-refractivity contribution >= 4 is 5.97 Å². The molecule has 0 aromatic heterocycles. The summed E-state index contributed by atoms with van der Waals surface area (Å²) in [5, 5.41) is 22.1. The Labute approximate surface area is 246 Å². The van der Waals surface area contributed by atoms with Gasteiger partial charge in [-0.3, -0.25) is 10.1 Å². The summed E-state index contributed by atoms with van der Waals surface area (Å²) in [4.78, 5) is 15.1. The van der Waals surface area contributed by atoms with E-state index >= 15 is 0 Å². The first-order valence-electron chi connectivity index (χ1n) is 14.1. The fraction of sp³-hybridized carbons (Fsp3) is 0.394. The number of carboxylic acid groups (broad SMARTS) is 1. The van der Waals surface area contributed by atoms with Gasteiger partial charge in [-0.15, -0.1) is 0 Å². The van der Waals surface area contributed by atoms with E-state index in [1.54, 1.807) is 0 Å². The Balaban J connectivity index is 1.53. The fourth-order valence-corrected chi connectivity index (χ4v) is 4.64. The van der Waals surface area contributed by atoms with Crippen LogP contribution < -0.4 is 24.3 Å². The molecule has 42 heavy (non-hydrogen) atoms. The van der Waals surface area contributed by atoms with E-state index in [1.807, 2.05) is 49.4 Å². The number of unbranched alkanes of at least 4 members (excludes halogenated alkanes) is 1. The lowest BCUT2D eigenvalue weighted by molar-refractivity contribution is -0.145. The minimum Gasteiger partial charge on any atom is -0.493 e. The summed E-state index contributed by atoms with van der Waals surface area (Å²) in [5.74, 6) is 1.58. The number of aliphatic hydroxyl groups is 1. The van der Waals surface area contributed by atoms with Crippen molar-refractivity contribution in [2.24, 2.45) is 0 Å². The molecule has 0 amide bonds. The maximum atomic E-state index is 11.7. The van der Waals surface area contributed by atoms with Crippen molar-refractivity contribution in [3.05, 3.63) is 82.2 Å². The van der Waals surface area contributed by atoms with Crippen LogP contribution in [0, 0.1) is 20.4 Å². The van der Waals surface area contributed by atoms with E-state index in [2.05, 4.69) is 23.2 Å². The molecule has 1 aliphatic rings. The van der Waals surface area contributed by atoms with Gasteiger partial charge in [0.1, 0.15) is 36.9 Å². The van der Waals surface area contributed by atoms with Crippen LogP contribution in [0.1, 0.15) is 42.0 Å². The first-order valence-corrected chi connectivity index (χ1v) is 14.1. The highest BCUT2D eigenvalue weighted by Crippen LogP contribution is 2.36. The lowest BCUT2D eigenvalue weighted by Crippen LogP contribution is -2.52. The first-order chi connectivity index (χ1) is 20.3. The van der Waals surface area contributed by atoms with Gasteiger partial charge in [0, 0.05) is 24.6 Å². The number of rotatable bonds is 14. The second-order valence-corrected chi connectivity index (χ2v) is 10.5. The molecule has 1 atom stereocenters. The highest BCUT2D eigenvalue weighted by Gasteiger charge is 2.32. The van der Waals surface area contributed by atoms with Crippen LogP contribution in [0.4, 0.5) is 0 Å². The van der Waals surface area contributed by atoms with Crippen LogP contribution in [0.25, 0.3) is 16.0 Å². The molecule has 0 saturated heterocycles. The zero-order valence-electron chi connectivity index (χ0n) is 24.4. The molecule has 3 aromatic rings. The summed E-state index contributed by atoms with van der Waals surface area (Å²) in [6.07, 6.45) is 1.45. The molecule has 3 aromatic carbocycles. The van der Waals surface area contributed by atoms with E-state index < -0.39 is 18.1 Å². The number of nitrogens with one attached hydrogen (secondary N) is 1. The third kappa shape index (κ3) is 7.32. The number of aryl methyl sites for hydroxylation is 1. The lowest BCUT2D eigenvalue weighted by Gasteiger charge is -2.25. The average Bonchev–Trinajstić information content (AvgIpc) is 3.00. The van der Waals surface area contributed by atoms with E-state index in [1.165, 1.54) is 6.92 Å². The molecule has 0 unspecified atom stereocenters. The van der Waals surface area contributed by atoms with Gasteiger partial charge in [0.15, 0.2) is 11.5 Å². The summed E-state index contributed by atoms with van der Waals surface area (Å²) in [5.41, 5.74) is 4.39. The molecule has 9 heteroatoms. The highest BCUT2D eigenvalue weighted by molar-refractivity contribution is 5.78. The van der Waals surface area contributed by atoms with Gasteiger partial charge in [0.2, 0.25) is 6.54 Å². The number of nitrogens with zero attached hydrogens (tertiary/aromatic N) is 1. The van der Waals surface area contributed by atoms with Crippen molar-refractivity contribution in [3.8, 4) is 34.1 Å². The molecule has 3 N–H and O–H groups in total. The predicted octanol–water partition coefficient (Wildman–Crippen LogP) is 5.32. The van der Waals surface area contributed by atoms with Crippen molar-refractivity contribution in [1.29, 1.82) is 0 Å². The van der Waals surface area contributed by atoms with E-state index in [9.17, 15) is 15.0 Å². The Kier molecular flexibility index (Phi) is 10.3. The predicted molar refractivity (Wildman–Crippen MR) is 159 cm³/mol. The van der Waals surface area contributed by atoms with E-state index in [4.69, 9.17) is 25.5 Å². The quantitative estimate of drug-likeness (QED) is 0.175. The lowest BCUT2D eigenvalue weighted by atomic mass is 9.96. The Bertz CT molecular complexity index is 1450. The van der Waals surface area contributed by atoms with Crippen LogP contribution in [-0.2, 0) is 17.9 Å². The third-order valence-corrected chi connectivity index (χ3v) is 7.42. The topological polar surface area (TPSA) is 111 Å². The molecule has 0 fully saturated rings. The van der Waals surface area contributed by atoms with Gasteiger partial charge in [0.25, 0.3) is 0 Å². The molecule has 0 spiro atoms. The minimum absolute atomic E-state index is 0.179. The van der Waals surface area contributed by atoms with Crippen molar-refractivity contribution in [3.63, 3.8) is 0 Å². The second kappa shape index (κ2) is 14.1. The molecular weight excluding hydrogens is 536 g/mol. The number of benzene rings is 3. The van der Waals surface area contributed by atoms with Crippen LogP contribution >= 0.6 is 0 Å². The highest BCUT2D eigenvalue weighted by atomic mass is 16.6. The second-order valence-electron chi connectivity index (χ2n) is 10.5. The smallest absolute Gasteiger partial charge is 0.326 e. The standard InChI is InChI=1S/C33H38N2O7/c1-22-16-26(19-35-33(3,21-36)32(37)38)30(39-13-6-5-12-34-4)18-29(22)42-20-25-8-7-9-27(23(25)2)24-10-11-28-31(17-24)41-15-14-40-28/h7-11,16-18,35-36H,5-6,12-15,19-21H2,1-3H3,(H,37,38)/t33-/m0/s1. The molecular formula is C33H38N2O7. The number of hydrogen-bond donors (Lipinski definition) is 3. The number of hydrogen-bond acceptors (Lipinski definition) is 7. The van der Waals surface area contributed by atoms with Crippen LogP contribution in [0.3, 0.4) is 0 Å². The maximum Gasteiger partial charge on any atom is 0.326 e. The van der Waals surface area contributed by atoms with Gasteiger partial charge in [0.05, 0.1) is 13.2 Å². The van der Waals surface area contributed by atoms with Gasteiger partial charge < -0.3 is 34.0 Å². The van der Waals surface area contributed by atoms with Crippen LogP contribution in [0.5, 0.6) is 23.0 Å². The van der Waals surface area contributed by atoms with Gasteiger partial charge in [-0.25, -0.2) is 6.57 Å². The van der Waals surface area contributed by atoms with E-state index in [0.717, 1.165) is 51.3 Å². The van der Waals surface area contributed by atoms with E-state index in [0.29, 0.717) is 50.9 Å². The fourth-order valence-electron chi connectivity index (χ4n) is 4.64. The summed E-state index contributed by atoms with van der Waals surface area (Å²) < 4.78 is 23.8. The van der Waals surface area contributed by atoms with Crippen LogP contribution in [0.15, 0.2) is 48.5 Å². The van der Waals surface area contributed by atoms with Crippen molar-refractivity contribution in [2.45, 2.75) is 52.3 Å². The summed E-state index contributed by atoms with van der Waals surface area (Å²) in [7, 11) is 0. The van der Waals surface area contributed by atoms with Crippen molar-refractivity contribution in [1.82, 2.24) is 5.32 Å². The summed E-state index contributed by atoms with van der Waals surface area (Å²) in [6, 6.07) is 15.9. The molecule has 0 radical (unpaired) electrons. The molecule has 1 heterocycles. The zero-order valence-corrected chi connectivity index (χ0v) is 24.4. The van der Waals surface area contributed by atoms with Crippen molar-refractivity contribution in [2.75, 3.05) is 33.0 Å². The van der Waals surface area contributed by atoms with Gasteiger partial charge in [-0.2, -0.15) is 0 Å². The SMILES string of the molecule is [C-]#[N+]CCCCOc1cc(OCc2cccc(-c3ccc4c(c3)OCCO4)c2C)c(C)cc1CN[C@@](C)(CO)C(=O)O. The third-order valence-electron chi connectivity index (χ3n) is 7.42. The molecule has 9 nitrogen and oxygen atoms in total. The van der Waals surface area contributed by atoms with Gasteiger partial charge >= 0.3 is 5.97 Å². The van der Waals surface area contributed by atoms with Crippen LogP contribution in [0.2, 0.25) is 0 Å². The normalized spacial score (nSPS) is 13.6. The molecule has 0 bridgehead atoms. The Morgan fingerprint density at radius 3 is 2.55 bits per heavy atom. The number of carbonyl (C=O) groups is 1. The minimum atomic E-state index is -1.49. The molecule has 222 valence electrons. The van der Waals surface area contributed by atoms with Gasteiger partial charge in [-0.05, 0) is 73.2 Å². The van der Waals surface area contributed by atoms with Crippen molar-refractivity contribution < 1.29 is 34.0 Å². The zero-order chi connectivity index (χ0) is 30.1. The number of aliphatic hydroxyl groups excluding tert-OH is 1. The van der Waals surface area contributed by atoms with E-state index in [-0.39, 0.29) is 6.54 Å². The number of aliphatic carboxylic acids is 1. The molecule has 0 saturated carbocycles. The maximum absolute atomic E-state index is 11.7. The first kappa shape index (κ1) is 30.7. The average molecular weight is 575 g/mol. The molecule has 4 rings (SSSR count). The Morgan fingerprint density at radius 2 is 1.81 bits per heavy atom. The Hall–Kier alpha value is -4.26. The molecule has 1 aliphatic heterocycles.